The average molecular weight is 391 g/mol. The van der Waals surface area contributed by atoms with E-state index in [2.05, 4.69) is 5.32 Å². The smallest absolute Gasteiger partial charge is 0.319 e. The van der Waals surface area contributed by atoms with Crippen molar-refractivity contribution in [3.63, 3.8) is 0 Å². The van der Waals surface area contributed by atoms with Crippen LogP contribution in [0.3, 0.4) is 0 Å². The molecule has 2 aromatic rings. The summed E-state index contributed by atoms with van der Waals surface area (Å²) in [7, 11) is 1.86. The Bertz CT molecular complexity index is 876. The van der Waals surface area contributed by atoms with Gasteiger partial charge in [0, 0.05) is 10.6 Å². The second-order valence-corrected chi connectivity index (χ2v) is 7.29. The molecule has 1 saturated heterocycles. The van der Waals surface area contributed by atoms with Crippen LogP contribution >= 0.6 is 11.6 Å². The van der Waals surface area contributed by atoms with Gasteiger partial charge in [0.2, 0.25) is 0 Å². The van der Waals surface area contributed by atoms with E-state index < -0.39 is 11.6 Å². The summed E-state index contributed by atoms with van der Waals surface area (Å²) < 4.78 is 13.4. The fraction of sp³-hybridized carbons (Fsp3) is 0.300. The van der Waals surface area contributed by atoms with Crippen molar-refractivity contribution in [2.45, 2.75) is 25.4 Å². The summed E-state index contributed by atoms with van der Waals surface area (Å²) in [6.45, 7) is 2.53. The molecular formula is C20H22ClFN3O2+. The van der Waals surface area contributed by atoms with Crippen LogP contribution in [0.15, 0.2) is 48.5 Å². The Morgan fingerprint density at radius 3 is 2.59 bits per heavy atom. The number of halogens is 2. The van der Waals surface area contributed by atoms with Gasteiger partial charge in [-0.1, -0.05) is 42.8 Å². The summed E-state index contributed by atoms with van der Waals surface area (Å²) in [6, 6.07) is 12.9. The molecule has 0 radical (unpaired) electrons. The normalized spacial score (nSPS) is 20.7. The molecule has 27 heavy (non-hydrogen) atoms. The van der Waals surface area contributed by atoms with E-state index in [0.29, 0.717) is 23.6 Å². The van der Waals surface area contributed by atoms with Crippen molar-refractivity contribution < 1.29 is 18.9 Å². The lowest BCUT2D eigenvalue weighted by Crippen LogP contribution is -3.09. The average Bonchev–Trinajstić information content (AvgIpc) is 2.87. The summed E-state index contributed by atoms with van der Waals surface area (Å²) in [4.78, 5) is 27.8. The summed E-state index contributed by atoms with van der Waals surface area (Å²) >= 11 is 6.08. The molecule has 0 spiro atoms. The van der Waals surface area contributed by atoms with Crippen LogP contribution in [0.5, 0.6) is 0 Å². The highest BCUT2D eigenvalue weighted by Crippen LogP contribution is 2.33. The fourth-order valence-corrected chi connectivity index (χ4v) is 3.67. The van der Waals surface area contributed by atoms with E-state index in [1.54, 1.807) is 30.3 Å². The van der Waals surface area contributed by atoms with Gasteiger partial charge >= 0.3 is 6.03 Å². The Hall–Kier alpha value is -2.44. The third-order valence-corrected chi connectivity index (χ3v) is 5.08. The van der Waals surface area contributed by atoms with Gasteiger partial charge < -0.3 is 10.2 Å². The third kappa shape index (κ3) is 3.82. The molecule has 3 rings (SSSR count). The van der Waals surface area contributed by atoms with Crippen molar-refractivity contribution >= 4 is 23.5 Å². The van der Waals surface area contributed by atoms with Crippen LogP contribution < -0.4 is 10.2 Å². The van der Waals surface area contributed by atoms with Crippen molar-refractivity contribution in [1.82, 2.24) is 10.2 Å². The predicted octanol–water partition coefficient (Wildman–Crippen LogP) is 2.31. The van der Waals surface area contributed by atoms with E-state index in [-0.39, 0.29) is 18.4 Å². The Morgan fingerprint density at radius 1 is 1.19 bits per heavy atom. The summed E-state index contributed by atoms with van der Waals surface area (Å²) in [5.41, 5.74) is 0.360. The Morgan fingerprint density at radius 2 is 1.93 bits per heavy atom. The highest BCUT2D eigenvalue weighted by Gasteiger charge is 2.52. The van der Waals surface area contributed by atoms with Crippen molar-refractivity contribution in [3.05, 3.63) is 70.5 Å². The van der Waals surface area contributed by atoms with Crippen molar-refractivity contribution in [1.29, 1.82) is 0 Å². The minimum Gasteiger partial charge on any atom is -0.319 e. The van der Waals surface area contributed by atoms with Crippen LogP contribution in [0.2, 0.25) is 5.02 Å². The first-order chi connectivity index (χ1) is 12.9. The number of amides is 3. The number of imide groups is 1. The zero-order valence-corrected chi connectivity index (χ0v) is 16.0. The fourth-order valence-electron chi connectivity index (χ4n) is 3.48. The van der Waals surface area contributed by atoms with Gasteiger partial charge in [0.25, 0.3) is 5.91 Å². The number of urea groups is 1. The van der Waals surface area contributed by atoms with E-state index in [1.807, 2.05) is 20.0 Å². The third-order valence-electron chi connectivity index (χ3n) is 4.85. The summed E-state index contributed by atoms with van der Waals surface area (Å²) in [6.07, 6.45) is 0.414. The minimum absolute atomic E-state index is 0.184. The zero-order chi connectivity index (χ0) is 19.6. The van der Waals surface area contributed by atoms with Gasteiger partial charge in [-0.05, 0) is 36.2 Å². The van der Waals surface area contributed by atoms with Gasteiger partial charge in [0.15, 0.2) is 6.67 Å². The van der Waals surface area contributed by atoms with Crippen molar-refractivity contribution in [2.24, 2.45) is 0 Å². The first kappa shape index (κ1) is 19.3. The van der Waals surface area contributed by atoms with Crippen LogP contribution in [0.1, 0.15) is 24.5 Å². The van der Waals surface area contributed by atoms with Crippen molar-refractivity contribution in [3.8, 4) is 0 Å². The lowest BCUT2D eigenvalue weighted by atomic mass is 9.87. The molecule has 3 amide bonds. The maximum Gasteiger partial charge on any atom is 0.329 e. The maximum atomic E-state index is 13.4. The molecular weight excluding hydrogens is 369 g/mol. The van der Waals surface area contributed by atoms with Gasteiger partial charge in [-0.3, -0.25) is 4.79 Å². The summed E-state index contributed by atoms with van der Waals surface area (Å²) in [5.74, 6) is -0.600. The molecule has 2 N–H and O–H groups in total. The number of hydrogen-bond acceptors (Lipinski definition) is 2. The molecule has 0 aromatic heterocycles. The van der Waals surface area contributed by atoms with Crippen molar-refractivity contribution in [2.75, 3.05) is 13.7 Å². The molecule has 0 bridgehead atoms. The molecule has 0 aliphatic carbocycles. The zero-order valence-electron chi connectivity index (χ0n) is 15.3. The van der Waals surface area contributed by atoms with E-state index in [1.165, 1.54) is 17.0 Å². The lowest BCUT2D eigenvalue weighted by Gasteiger charge is -2.26. The SMILES string of the molecule is CC[C@@]1(c2cccc(Cl)c2)NC(=O)N(C[NH+](C)Cc2cccc(F)c2)C1=O. The van der Waals surface area contributed by atoms with Gasteiger partial charge in [0.05, 0.1) is 7.05 Å². The van der Waals surface area contributed by atoms with Crippen LogP contribution in [-0.4, -0.2) is 30.6 Å². The van der Waals surface area contributed by atoms with Gasteiger partial charge in [-0.25, -0.2) is 14.1 Å². The molecule has 1 unspecified atom stereocenters. The van der Waals surface area contributed by atoms with Crippen LogP contribution in [-0.2, 0) is 16.9 Å². The molecule has 1 aliphatic rings. The number of carbonyl (C=O) groups excluding carboxylic acids is 2. The Labute approximate surface area is 162 Å². The molecule has 1 heterocycles. The number of quaternary nitrogens is 1. The molecule has 142 valence electrons. The predicted molar refractivity (Wildman–Crippen MR) is 101 cm³/mol. The number of benzene rings is 2. The van der Waals surface area contributed by atoms with E-state index in [4.69, 9.17) is 11.6 Å². The summed E-state index contributed by atoms with van der Waals surface area (Å²) in [5, 5.41) is 3.35. The highest BCUT2D eigenvalue weighted by atomic mass is 35.5. The number of rotatable bonds is 6. The van der Waals surface area contributed by atoms with E-state index >= 15 is 0 Å². The maximum absolute atomic E-state index is 13.4. The van der Waals surface area contributed by atoms with Crippen LogP contribution in [0.25, 0.3) is 0 Å². The number of nitrogens with one attached hydrogen (secondary N) is 2. The minimum atomic E-state index is -1.11. The van der Waals surface area contributed by atoms with Crippen LogP contribution in [0.4, 0.5) is 9.18 Å². The Balaban J connectivity index is 1.79. The molecule has 2 atom stereocenters. The quantitative estimate of drug-likeness (QED) is 0.744. The number of carbonyl (C=O) groups is 2. The van der Waals surface area contributed by atoms with E-state index in [9.17, 15) is 14.0 Å². The van der Waals surface area contributed by atoms with Crippen LogP contribution in [0, 0.1) is 5.82 Å². The Kier molecular flexibility index (Phi) is 5.48. The molecule has 2 aromatic carbocycles. The highest BCUT2D eigenvalue weighted by molar-refractivity contribution is 6.30. The number of hydrogen-bond donors (Lipinski definition) is 2. The lowest BCUT2D eigenvalue weighted by molar-refractivity contribution is -0.901. The molecule has 1 fully saturated rings. The first-order valence-corrected chi connectivity index (χ1v) is 9.19. The molecule has 5 nitrogen and oxygen atoms in total. The van der Waals surface area contributed by atoms with E-state index in [0.717, 1.165) is 10.5 Å². The largest absolute Gasteiger partial charge is 0.329 e. The molecule has 7 heteroatoms. The molecule has 1 aliphatic heterocycles. The first-order valence-electron chi connectivity index (χ1n) is 8.81. The molecule has 0 saturated carbocycles. The topological polar surface area (TPSA) is 53.9 Å². The monoisotopic (exact) mass is 390 g/mol. The van der Waals surface area contributed by atoms with Gasteiger partial charge in [0.1, 0.15) is 17.9 Å². The standard InChI is InChI=1S/C20H21ClFN3O2/c1-3-20(15-7-5-8-16(21)11-15)18(26)25(19(27)23-20)13-24(2)12-14-6-4-9-17(22)10-14/h4-11H,3,12-13H2,1-2H3,(H,23,27)/p+1/t20-/m0/s1. The second-order valence-electron chi connectivity index (χ2n) is 6.85. The number of nitrogens with zero attached hydrogens (tertiary/aromatic N) is 1. The van der Waals surface area contributed by atoms with Gasteiger partial charge in [-0.15, -0.1) is 0 Å². The van der Waals surface area contributed by atoms with Gasteiger partial charge in [-0.2, -0.15) is 0 Å². The second kappa shape index (κ2) is 7.66.